The van der Waals surface area contributed by atoms with Crippen molar-refractivity contribution in [1.29, 1.82) is 0 Å². The van der Waals surface area contributed by atoms with Gasteiger partial charge in [-0.2, -0.15) is 0 Å². The summed E-state index contributed by atoms with van der Waals surface area (Å²) in [6.45, 7) is 2.85. The summed E-state index contributed by atoms with van der Waals surface area (Å²) < 4.78 is 10.2. The summed E-state index contributed by atoms with van der Waals surface area (Å²) in [6.07, 6.45) is 6.00. The Hall–Kier alpha value is -0.610. The maximum atomic E-state index is 5.93. The van der Waals surface area contributed by atoms with Gasteiger partial charge in [-0.1, -0.05) is 12.8 Å². The minimum Gasteiger partial charge on any atom is -0.387 e. The van der Waals surface area contributed by atoms with E-state index in [1.165, 1.54) is 25.7 Å². The highest BCUT2D eigenvalue weighted by atomic mass is 16.5. The number of ether oxygens (including phenoxy) is 2. The molecular weight excluding hydrogens is 204 g/mol. The molecule has 0 heterocycles. The molecule has 1 rings (SSSR count). The van der Waals surface area contributed by atoms with Crippen LogP contribution in [-0.2, 0) is 9.47 Å². The van der Waals surface area contributed by atoms with E-state index in [4.69, 9.17) is 15.2 Å². The molecule has 0 aromatic carbocycles. The fraction of sp³-hybridized carbons (Fsp3) is 0.917. The van der Waals surface area contributed by atoms with E-state index in [9.17, 15) is 0 Å². The monoisotopic (exact) mass is 228 g/mol. The van der Waals surface area contributed by atoms with Gasteiger partial charge >= 0.3 is 0 Å². The van der Waals surface area contributed by atoms with E-state index < -0.39 is 0 Å². The van der Waals surface area contributed by atoms with Crippen molar-refractivity contribution in [2.24, 2.45) is 16.6 Å². The van der Waals surface area contributed by atoms with E-state index in [2.05, 4.69) is 4.99 Å². The maximum absolute atomic E-state index is 5.93. The Balaban J connectivity index is 1.98. The molecule has 0 unspecified atom stereocenters. The lowest BCUT2D eigenvalue weighted by Gasteiger charge is -2.08. The van der Waals surface area contributed by atoms with Crippen LogP contribution in [-0.4, -0.2) is 39.3 Å². The molecule has 1 fully saturated rings. The highest BCUT2D eigenvalue weighted by Crippen LogP contribution is 2.24. The quantitative estimate of drug-likeness (QED) is 0.390. The minimum absolute atomic E-state index is 0.550. The van der Waals surface area contributed by atoms with Gasteiger partial charge in [-0.3, -0.25) is 4.99 Å². The lowest BCUT2D eigenvalue weighted by Crippen LogP contribution is -2.21. The zero-order valence-corrected chi connectivity index (χ0v) is 10.3. The molecule has 0 atom stereocenters. The number of nitrogens with zero attached hydrogens (tertiary/aromatic N) is 1. The van der Waals surface area contributed by atoms with Crippen LogP contribution in [0.1, 0.15) is 32.1 Å². The topological polar surface area (TPSA) is 56.8 Å². The van der Waals surface area contributed by atoms with Crippen molar-refractivity contribution in [3.8, 4) is 0 Å². The first-order valence-electron chi connectivity index (χ1n) is 6.21. The molecule has 4 heteroatoms. The highest BCUT2D eigenvalue weighted by Gasteiger charge is 2.17. The largest absolute Gasteiger partial charge is 0.387 e. The average Bonchev–Trinajstić information content (AvgIpc) is 2.81. The molecule has 0 amide bonds. The highest BCUT2D eigenvalue weighted by molar-refractivity contribution is 5.83. The lowest BCUT2D eigenvalue weighted by molar-refractivity contribution is 0.0702. The van der Waals surface area contributed by atoms with Crippen molar-refractivity contribution in [2.45, 2.75) is 32.1 Å². The van der Waals surface area contributed by atoms with Crippen LogP contribution < -0.4 is 5.73 Å². The van der Waals surface area contributed by atoms with Crippen molar-refractivity contribution in [3.05, 3.63) is 0 Å². The molecule has 0 radical (unpaired) electrons. The second-order valence-corrected chi connectivity index (χ2v) is 4.25. The smallest absolute Gasteiger partial charge is 0.0968 e. The first-order valence-corrected chi connectivity index (χ1v) is 6.21. The number of hydrogen-bond donors (Lipinski definition) is 1. The van der Waals surface area contributed by atoms with Gasteiger partial charge in [0, 0.05) is 26.2 Å². The Morgan fingerprint density at radius 2 is 2.00 bits per heavy atom. The summed E-state index contributed by atoms with van der Waals surface area (Å²) in [6, 6.07) is 0. The summed E-state index contributed by atoms with van der Waals surface area (Å²) in [5, 5.41) is 0. The summed E-state index contributed by atoms with van der Waals surface area (Å²) >= 11 is 0. The fourth-order valence-electron chi connectivity index (χ4n) is 1.97. The van der Waals surface area contributed by atoms with Gasteiger partial charge < -0.3 is 15.2 Å². The summed E-state index contributed by atoms with van der Waals surface area (Å²) in [5.74, 6) is 1.41. The third-order valence-electron chi connectivity index (χ3n) is 2.95. The van der Waals surface area contributed by atoms with Gasteiger partial charge in [0.2, 0.25) is 0 Å². The number of methoxy groups -OCH3 is 1. The maximum Gasteiger partial charge on any atom is 0.0968 e. The van der Waals surface area contributed by atoms with Crippen LogP contribution >= 0.6 is 0 Å². The van der Waals surface area contributed by atoms with Crippen LogP contribution in [0.4, 0.5) is 0 Å². The van der Waals surface area contributed by atoms with Crippen LogP contribution in [0.3, 0.4) is 0 Å². The van der Waals surface area contributed by atoms with Gasteiger partial charge in [0.05, 0.1) is 19.0 Å². The minimum atomic E-state index is 0.550. The second-order valence-electron chi connectivity index (χ2n) is 4.25. The third kappa shape index (κ3) is 5.47. The standard InChI is InChI=1S/C12H24N2O2/c1-15-9-10-16-8-4-7-14-12(13)11-5-2-3-6-11/h11H,2-10H2,1H3,(H2,13,14). The SMILES string of the molecule is COCCOCCCN=C(N)C1CCCC1. The van der Waals surface area contributed by atoms with Gasteiger partial charge in [0.25, 0.3) is 0 Å². The van der Waals surface area contributed by atoms with E-state index in [1.54, 1.807) is 7.11 Å². The Labute approximate surface area is 98.2 Å². The molecule has 1 aliphatic carbocycles. The second kappa shape index (κ2) is 8.53. The Bertz CT molecular complexity index is 201. The first-order chi connectivity index (χ1) is 7.84. The summed E-state index contributed by atoms with van der Waals surface area (Å²) in [4.78, 5) is 4.41. The zero-order valence-electron chi connectivity index (χ0n) is 10.3. The molecular formula is C12H24N2O2. The molecule has 1 aliphatic rings. The molecule has 0 spiro atoms. The van der Waals surface area contributed by atoms with Crippen LogP contribution in [0, 0.1) is 5.92 Å². The predicted molar refractivity (Wildman–Crippen MR) is 65.8 cm³/mol. The molecule has 16 heavy (non-hydrogen) atoms. The number of amidine groups is 1. The third-order valence-corrected chi connectivity index (χ3v) is 2.95. The Kier molecular flexibility index (Phi) is 7.17. The molecule has 0 aliphatic heterocycles. The van der Waals surface area contributed by atoms with E-state index in [0.717, 1.165) is 25.4 Å². The molecule has 0 saturated heterocycles. The van der Waals surface area contributed by atoms with E-state index in [-0.39, 0.29) is 0 Å². The van der Waals surface area contributed by atoms with Crippen molar-refractivity contribution in [3.63, 3.8) is 0 Å². The van der Waals surface area contributed by atoms with Crippen LogP contribution in [0.15, 0.2) is 4.99 Å². The molecule has 4 nitrogen and oxygen atoms in total. The number of hydrogen-bond acceptors (Lipinski definition) is 3. The van der Waals surface area contributed by atoms with Crippen molar-refractivity contribution in [1.82, 2.24) is 0 Å². The van der Waals surface area contributed by atoms with Crippen LogP contribution in [0.5, 0.6) is 0 Å². The van der Waals surface area contributed by atoms with Crippen molar-refractivity contribution < 1.29 is 9.47 Å². The zero-order chi connectivity index (χ0) is 11.6. The number of rotatable bonds is 8. The summed E-state index contributed by atoms with van der Waals surface area (Å²) in [7, 11) is 1.68. The van der Waals surface area contributed by atoms with Crippen LogP contribution in [0.25, 0.3) is 0 Å². The van der Waals surface area contributed by atoms with Gasteiger partial charge in [0.1, 0.15) is 0 Å². The van der Waals surface area contributed by atoms with Crippen molar-refractivity contribution >= 4 is 5.84 Å². The van der Waals surface area contributed by atoms with Gasteiger partial charge in [0.15, 0.2) is 0 Å². The average molecular weight is 228 g/mol. The molecule has 0 aromatic rings. The molecule has 94 valence electrons. The predicted octanol–water partition coefficient (Wildman–Crippen LogP) is 1.59. The van der Waals surface area contributed by atoms with E-state index in [1.807, 2.05) is 0 Å². The van der Waals surface area contributed by atoms with Gasteiger partial charge in [-0.25, -0.2) is 0 Å². The molecule has 1 saturated carbocycles. The Morgan fingerprint density at radius 1 is 1.25 bits per heavy atom. The lowest BCUT2D eigenvalue weighted by atomic mass is 10.1. The molecule has 2 N–H and O–H groups in total. The van der Waals surface area contributed by atoms with Crippen molar-refractivity contribution in [2.75, 3.05) is 33.5 Å². The molecule has 0 aromatic heterocycles. The van der Waals surface area contributed by atoms with Crippen LogP contribution in [0.2, 0.25) is 0 Å². The number of aliphatic imine (C=N–C) groups is 1. The molecule has 0 bridgehead atoms. The first kappa shape index (κ1) is 13.5. The van der Waals surface area contributed by atoms with E-state index in [0.29, 0.717) is 19.1 Å². The van der Waals surface area contributed by atoms with E-state index >= 15 is 0 Å². The normalized spacial score (nSPS) is 18.2. The van der Waals surface area contributed by atoms with Gasteiger partial charge in [-0.05, 0) is 19.3 Å². The fourth-order valence-corrected chi connectivity index (χ4v) is 1.97. The summed E-state index contributed by atoms with van der Waals surface area (Å²) in [5.41, 5.74) is 5.93. The Morgan fingerprint density at radius 3 is 2.69 bits per heavy atom. The number of nitrogens with two attached hydrogens (primary N) is 1. The van der Waals surface area contributed by atoms with Gasteiger partial charge in [-0.15, -0.1) is 0 Å².